The van der Waals surface area contributed by atoms with E-state index in [2.05, 4.69) is 4.98 Å². The monoisotopic (exact) mass is 400 g/mol. The van der Waals surface area contributed by atoms with Crippen molar-refractivity contribution in [3.63, 3.8) is 0 Å². The SMILES string of the molecule is CC(C)c1c(Cc2ccc(F)cc2)n(COCc2ccc(F)cc2)c(=O)[nH]c1=O. The zero-order chi connectivity index (χ0) is 21.0. The van der Waals surface area contributed by atoms with Crippen molar-refractivity contribution in [1.82, 2.24) is 9.55 Å². The molecule has 0 saturated carbocycles. The summed E-state index contributed by atoms with van der Waals surface area (Å²) < 4.78 is 33.3. The molecule has 3 rings (SSSR count). The Labute approximate surface area is 166 Å². The van der Waals surface area contributed by atoms with E-state index in [4.69, 9.17) is 4.74 Å². The molecular weight excluding hydrogens is 378 g/mol. The molecule has 0 spiro atoms. The Kier molecular flexibility index (Phi) is 6.39. The van der Waals surface area contributed by atoms with Gasteiger partial charge in [0.2, 0.25) is 0 Å². The zero-order valence-corrected chi connectivity index (χ0v) is 16.2. The Morgan fingerprint density at radius 2 is 1.48 bits per heavy atom. The molecule has 0 saturated heterocycles. The van der Waals surface area contributed by atoms with Crippen molar-refractivity contribution in [1.29, 1.82) is 0 Å². The highest BCUT2D eigenvalue weighted by Gasteiger charge is 2.18. The largest absolute Gasteiger partial charge is 0.356 e. The second-order valence-corrected chi connectivity index (χ2v) is 7.11. The van der Waals surface area contributed by atoms with Crippen molar-refractivity contribution in [3.05, 3.63) is 103 Å². The van der Waals surface area contributed by atoms with Crippen molar-refractivity contribution < 1.29 is 13.5 Å². The van der Waals surface area contributed by atoms with Crippen LogP contribution in [-0.4, -0.2) is 9.55 Å². The standard InChI is InChI=1S/C22H22F2N2O3/c1-14(2)20-19(11-15-3-7-17(23)8-4-15)26(22(28)25-21(20)27)13-29-12-16-5-9-18(24)10-6-16/h3-10,14H,11-13H2,1-2H3,(H,25,27,28). The fraction of sp³-hybridized carbons (Fsp3) is 0.273. The fourth-order valence-electron chi connectivity index (χ4n) is 3.18. The van der Waals surface area contributed by atoms with Crippen molar-refractivity contribution in [2.75, 3.05) is 0 Å². The number of hydrogen-bond donors (Lipinski definition) is 1. The van der Waals surface area contributed by atoms with E-state index in [0.717, 1.165) is 11.1 Å². The average Bonchev–Trinajstić information content (AvgIpc) is 2.67. The van der Waals surface area contributed by atoms with Gasteiger partial charge in [-0.1, -0.05) is 38.1 Å². The van der Waals surface area contributed by atoms with Gasteiger partial charge >= 0.3 is 5.69 Å². The number of aromatic amines is 1. The van der Waals surface area contributed by atoms with Crippen molar-refractivity contribution in [2.24, 2.45) is 0 Å². The normalized spacial score (nSPS) is 11.2. The molecule has 2 aromatic carbocycles. The summed E-state index contributed by atoms with van der Waals surface area (Å²) in [5, 5.41) is 0. The summed E-state index contributed by atoms with van der Waals surface area (Å²) in [4.78, 5) is 27.2. The Hall–Kier alpha value is -3.06. The summed E-state index contributed by atoms with van der Waals surface area (Å²) in [7, 11) is 0. The van der Waals surface area contributed by atoms with Gasteiger partial charge in [0.15, 0.2) is 0 Å². The third kappa shape index (κ3) is 5.06. The van der Waals surface area contributed by atoms with Gasteiger partial charge in [-0.05, 0) is 41.3 Å². The maximum atomic E-state index is 13.2. The van der Waals surface area contributed by atoms with Gasteiger partial charge in [-0.3, -0.25) is 14.3 Å². The topological polar surface area (TPSA) is 64.1 Å². The summed E-state index contributed by atoms with van der Waals surface area (Å²) in [6.07, 6.45) is 0.285. The molecule has 0 aliphatic carbocycles. The minimum absolute atomic E-state index is 0.0801. The van der Waals surface area contributed by atoms with E-state index in [1.807, 2.05) is 13.8 Å². The molecule has 0 aliphatic heterocycles. The van der Waals surface area contributed by atoms with Crippen LogP contribution < -0.4 is 11.2 Å². The maximum Gasteiger partial charge on any atom is 0.330 e. The third-order valence-electron chi connectivity index (χ3n) is 4.61. The van der Waals surface area contributed by atoms with Gasteiger partial charge < -0.3 is 4.74 Å². The maximum absolute atomic E-state index is 13.2. The van der Waals surface area contributed by atoms with Gasteiger partial charge in [0.1, 0.15) is 18.4 Å². The highest BCUT2D eigenvalue weighted by Crippen LogP contribution is 2.18. The van der Waals surface area contributed by atoms with E-state index < -0.39 is 11.2 Å². The number of benzene rings is 2. The Morgan fingerprint density at radius 1 is 0.931 bits per heavy atom. The van der Waals surface area contributed by atoms with Crippen molar-refractivity contribution in [3.8, 4) is 0 Å². The van der Waals surface area contributed by atoms with Crippen LogP contribution in [0, 0.1) is 11.6 Å². The van der Waals surface area contributed by atoms with Crippen LogP contribution in [0.1, 0.15) is 42.1 Å². The Balaban J connectivity index is 1.92. The van der Waals surface area contributed by atoms with E-state index in [1.165, 1.54) is 28.8 Å². The molecule has 0 radical (unpaired) electrons. The van der Waals surface area contributed by atoms with Crippen LogP contribution in [0.25, 0.3) is 0 Å². The molecule has 0 aliphatic rings. The summed E-state index contributed by atoms with van der Waals surface area (Å²) in [6.45, 7) is 3.84. The van der Waals surface area contributed by atoms with Crippen LogP contribution >= 0.6 is 0 Å². The highest BCUT2D eigenvalue weighted by atomic mass is 19.1. The summed E-state index contributed by atoms with van der Waals surface area (Å²) in [5.74, 6) is -0.823. The minimum atomic E-state index is -0.574. The molecule has 152 valence electrons. The number of ether oxygens (including phenoxy) is 1. The van der Waals surface area contributed by atoms with E-state index in [1.54, 1.807) is 24.3 Å². The van der Waals surface area contributed by atoms with Gasteiger partial charge in [-0.25, -0.2) is 13.6 Å². The molecular formula is C22H22F2N2O3. The fourth-order valence-corrected chi connectivity index (χ4v) is 3.18. The van der Waals surface area contributed by atoms with Crippen molar-refractivity contribution >= 4 is 0 Å². The minimum Gasteiger partial charge on any atom is -0.356 e. The predicted octanol–water partition coefficient (Wildman–Crippen LogP) is 3.70. The summed E-state index contributed by atoms with van der Waals surface area (Å²) >= 11 is 0. The molecule has 3 aromatic rings. The first-order valence-electron chi connectivity index (χ1n) is 9.27. The number of nitrogens with zero attached hydrogens (tertiary/aromatic N) is 1. The van der Waals surface area contributed by atoms with Gasteiger partial charge in [-0.2, -0.15) is 0 Å². The molecule has 0 amide bonds. The number of halogens is 2. The number of H-pyrrole nitrogens is 1. The molecule has 7 heteroatoms. The second-order valence-electron chi connectivity index (χ2n) is 7.11. The van der Waals surface area contributed by atoms with E-state index >= 15 is 0 Å². The Morgan fingerprint density at radius 3 is 2.03 bits per heavy atom. The van der Waals surface area contributed by atoms with Gasteiger partial charge in [-0.15, -0.1) is 0 Å². The molecule has 29 heavy (non-hydrogen) atoms. The molecule has 1 aromatic heterocycles. The smallest absolute Gasteiger partial charge is 0.330 e. The van der Waals surface area contributed by atoms with Gasteiger partial charge in [0.25, 0.3) is 5.56 Å². The van der Waals surface area contributed by atoms with Crippen LogP contribution in [0.2, 0.25) is 0 Å². The summed E-state index contributed by atoms with van der Waals surface area (Å²) in [6, 6.07) is 11.8. The predicted molar refractivity (Wildman–Crippen MR) is 106 cm³/mol. The average molecular weight is 400 g/mol. The van der Waals surface area contributed by atoms with E-state index in [-0.39, 0.29) is 37.3 Å². The molecule has 5 nitrogen and oxygen atoms in total. The van der Waals surface area contributed by atoms with Gasteiger partial charge in [0, 0.05) is 17.7 Å². The van der Waals surface area contributed by atoms with E-state index in [0.29, 0.717) is 11.3 Å². The van der Waals surface area contributed by atoms with Crippen LogP contribution in [0.4, 0.5) is 8.78 Å². The van der Waals surface area contributed by atoms with E-state index in [9.17, 15) is 18.4 Å². The van der Waals surface area contributed by atoms with Crippen LogP contribution in [0.3, 0.4) is 0 Å². The lowest BCUT2D eigenvalue weighted by Crippen LogP contribution is -2.36. The molecule has 1 N–H and O–H groups in total. The van der Waals surface area contributed by atoms with Crippen molar-refractivity contribution in [2.45, 2.75) is 39.5 Å². The molecule has 0 atom stereocenters. The second kappa shape index (κ2) is 8.96. The Bertz CT molecular complexity index is 1090. The first-order valence-corrected chi connectivity index (χ1v) is 9.27. The molecule has 0 unspecified atom stereocenters. The van der Waals surface area contributed by atoms with Crippen LogP contribution in [0.15, 0.2) is 58.1 Å². The number of nitrogens with one attached hydrogen (secondary N) is 1. The number of hydrogen-bond acceptors (Lipinski definition) is 3. The lowest BCUT2D eigenvalue weighted by Gasteiger charge is -2.18. The molecule has 0 fully saturated rings. The number of aromatic nitrogens is 2. The first kappa shape index (κ1) is 20.7. The third-order valence-corrected chi connectivity index (χ3v) is 4.61. The van der Waals surface area contributed by atoms with Crippen LogP contribution in [0.5, 0.6) is 0 Å². The quantitative estimate of drug-likeness (QED) is 0.658. The summed E-state index contributed by atoms with van der Waals surface area (Å²) in [5.41, 5.74) is 1.53. The zero-order valence-electron chi connectivity index (χ0n) is 16.2. The molecule has 1 heterocycles. The lowest BCUT2D eigenvalue weighted by atomic mass is 9.98. The first-order chi connectivity index (χ1) is 13.8. The van der Waals surface area contributed by atoms with Gasteiger partial charge in [0.05, 0.1) is 6.61 Å². The highest BCUT2D eigenvalue weighted by molar-refractivity contribution is 5.29. The lowest BCUT2D eigenvalue weighted by molar-refractivity contribution is 0.0588. The molecule has 0 bridgehead atoms. The van der Waals surface area contributed by atoms with Crippen LogP contribution in [-0.2, 0) is 24.5 Å². The number of rotatable bonds is 7.